The van der Waals surface area contributed by atoms with Gasteiger partial charge in [-0.05, 0) is 65.3 Å². The van der Waals surface area contributed by atoms with Crippen LogP contribution in [-0.2, 0) is 19.1 Å². The molecule has 2 rings (SSSR count). The van der Waals surface area contributed by atoms with Crippen molar-refractivity contribution in [3.63, 3.8) is 0 Å². The third-order valence-corrected chi connectivity index (χ3v) is 5.20. The number of benzene rings is 1. The van der Waals surface area contributed by atoms with E-state index in [1.54, 1.807) is 13.0 Å². The molecule has 29 heavy (non-hydrogen) atoms. The van der Waals surface area contributed by atoms with E-state index in [1.807, 2.05) is 0 Å². The first-order valence-electron chi connectivity index (χ1n) is 8.35. The first kappa shape index (κ1) is 22.8. The second-order valence-corrected chi connectivity index (χ2v) is 7.54. The van der Waals surface area contributed by atoms with E-state index < -0.39 is 35.7 Å². The molecule has 1 atom stereocenters. The number of nitrogens with zero attached hydrogens (tertiary/aromatic N) is 1. The Balaban J connectivity index is 2.31. The smallest absolute Gasteiger partial charge is 0.341 e. The van der Waals surface area contributed by atoms with Crippen LogP contribution in [-0.4, -0.2) is 59.5 Å². The predicted octanol–water partition coefficient (Wildman–Crippen LogP) is 2.91. The van der Waals surface area contributed by atoms with E-state index >= 15 is 0 Å². The van der Waals surface area contributed by atoms with Gasteiger partial charge in [0.2, 0.25) is 0 Å². The number of carboxylic acid groups (broad SMARTS) is 1. The van der Waals surface area contributed by atoms with Crippen LogP contribution in [0.1, 0.15) is 19.4 Å². The molecule has 0 bridgehead atoms. The molecule has 1 heterocycles. The van der Waals surface area contributed by atoms with Gasteiger partial charge in [0.1, 0.15) is 6.04 Å². The van der Waals surface area contributed by atoms with Gasteiger partial charge in [-0.25, -0.2) is 9.59 Å². The van der Waals surface area contributed by atoms with Gasteiger partial charge >= 0.3 is 11.9 Å². The number of thioether (sulfide) groups is 1. The average Bonchev–Trinajstić information content (AvgIpc) is 2.93. The number of hydrogen-bond acceptors (Lipinski definition) is 8. The Hall–Kier alpha value is -2.53. The molecule has 0 spiro atoms. The molecule has 0 aliphatic carbocycles. The molecule has 0 unspecified atom stereocenters. The lowest BCUT2D eigenvalue weighted by Crippen LogP contribution is -2.42. The number of hydrogen-bond donors (Lipinski definition) is 1. The van der Waals surface area contributed by atoms with Crippen molar-refractivity contribution in [2.45, 2.75) is 19.9 Å². The summed E-state index contributed by atoms with van der Waals surface area (Å²) in [6.07, 6.45) is 1.47. The van der Waals surface area contributed by atoms with Gasteiger partial charge in [-0.2, -0.15) is 0 Å². The summed E-state index contributed by atoms with van der Waals surface area (Å²) in [6.45, 7) is 2.64. The highest BCUT2D eigenvalue weighted by Gasteiger charge is 2.41. The standard InChI is InChI=1S/C18H18BrNO8S/c1-4-27-17(24)9(2)20-16(23)13(29-18(20)25)7-10-5-11(19)15(12(6-10)26-3)28-8-14(21)22/h5-7,9H,4,8H2,1-3H3,(H,21,22)/b13-7-/t9-/m1/s1. The minimum absolute atomic E-state index is 0.124. The molecule has 1 saturated heterocycles. The van der Waals surface area contributed by atoms with Crippen LogP contribution in [0, 0.1) is 0 Å². The van der Waals surface area contributed by atoms with Crippen molar-refractivity contribution in [2.75, 3.05) is 20.3 Å². The van der Waals surface area contributed by atoms with Crippen molar-refractivity contribution in [1.29, 1.82) is 0 Å². The van der Waals surface area contributed by atoms with Gasteiger partial charge in [0, 0.05) is 0 Å². The molecule has 0 aromatic heterocycles. The van der Waals surface area contributed by atoms with Crippen LogP contribution in [0.3, 0.4) is 0 Å². The minimum atomic E-state index is -1.15. The number of halogens is 1. The highest BCUT2D eigenvalue weighted by Crippen LogP contribution is 2.39. The number of rotatable bonds is 8. The lowest BCUT2D eigenvalue weighted by Gasteiger charge is -2.19. The Labute approximate surface area is 179 Å². The number of imide groups is 1. The van der Waals surface area contributed by atoms with Crippen molar-refractivity contribution in [2.24, 2.45) is 0 Å². The molecule has 1 aliphatic rings. The van der Waals surface area contributed by atoms with Crippen molar-refractivity contribution >= 4 is 56.9 Å². The molecule has 1 N–H and O–H groups in total. The molecular formula is C18H18BrNO8S. The monoisotopic (exact) mass is 487 g/mol. The maximum atomic E-state index is 12.6. The van der Waals surface area contributed by atoms with Gasteiger partial charge in [0.05, 0.1) is 23.1 Å². The molecule has 1 aromatic carbocycles. The maximum absolute atomic E-state index is 12.6. The molecule has 9 nitrogen and oxygen atoms in total. The Morgan fingerprint density at radius 3 is 2.62 bits per heavy atom. The number of carboxylic acids is 1. The van der Waals surface area contributed by atoms with Crippen molar-refractivity contribution in [1.82, 2.24) is 4.90 Å². The van der Waals surface area contributed by atoms with Gasteiger partial charge < -0.3 is 19.3 Å². The van der Waals surface area contributed by atoms with Gasteiger partial charge in [-0.15, -0.1) is 0 Å². The zero-order valence-corrected chi connectivity index (χ0v) is 18.2. The number of carbonyl (C=O) groups excluding carboxylic acids is 3. The zero-order chi connectivity index (χ0) is 21.7. The fraction of sp³-hybridized carbons (Fsp3) is 0.333. The number of ether oxygens (including phenoxy) is 3. The van der Waals surface area contributed by atoms with E-state index in [9.17, 15) is 19.2 Å². The lowest BCUT2D eigenvalue weighted by molar-refractivity contribution is -0.150. The fourth-order valence-electron chi connectivity index (χ4n) is 2.43. The summed E-state index contributed by atoms with van der Waals surface area (Å²) in [5, 5.41) is 8.19. The summed E-state index contributed by atoms with van der Waals surface area (Å²) in [7, 11) is 1.38. The van der Waals surface area contributed by atoms with Gasteiger partial charge in [-0.3, -0.25) is 14.5 Å². The summed E-state index contributed by atoms with van der Waals surface area (Å²) in [4.78, 5) is 48.5. The van der Waals surface area contributed by atoms with Crippen molar-refractivity contribution in [3.05, 3.63) is 27.1 Å². The van der Waals surface area contributed by atoms with Crippen LogP contribution >= 0.6 is 27.7 Å². The van der Waals surface area contributed by atoms with Crippen LogP contribution in [0.2, 0.25) is 0 Å². The third kappa shape index (κ3) is 5.30. The van der Waals surface area contributed by atoms with Gasteiger partial charge in [-0.1, -0.05) is 0 Å². The first-order chi connectivity index (χ1) is 13.7. The van der Waals surface area contributed by atoms with E-state index in [4.69, 9.17) is 19.3 Å². The number of methoxy groups -OCH3 is 1. The van der Waals surface area contributed by atoms with Gasteiger partial charge in [0.25, 0.3) is 11.1 Å². The molecule has 156 valence electrons. The third-order valence-electron chi connectivity index (χ3n) is 3.73. The first-order valence-corrected chi connectivity index (χ1v) is 9.96. The van der Waals surface area contributed by atoms with Crippen molar-refractivity contribution in [3.8, 4) is 11.5 Å². The molecule has 1 aliphatic heterocycles. The van der Waals surface area contributed by atoms with E-state index in [-0.39, 0.29) is 23.0 Å². The summed E-state index contributed by atoms with van der Waals surface area (Å²) >= 11 is 3.98. The van der Waals surface area contributed by atoms with E-state index in [0.717, 1.165) is 4.90 Å². The van der Waals surface area contributed by atoms with E-state index in [1.165, 1.54) is 26.2 Å². The quantitative estimate of drug-likeness (QED) is 0.435. The molecule has 2 amide bonds. The molecule has 1 fully saturated rings. The topological polar surface area (TPSA) is 119 Å². The minimum Gasteiger partial charge on any atom is -0.493 e. The maximum Gasteiger partial charge on any atom is 0.341 e. The number of carbonyl (C=O) groups is 4. The Kier molecular flexibility index (Phi) is 7.68. The average molecular weight is 488 g/mol. The highest BCUT2D eigenvalue weighted by atomic mass is 79.9. The molecule has 11 heteroatoms. The Morgan fingerprint density at radius 1 is 1.34 bits per heavy atom. The molecular weight excluding hydrogens is 470 g/mol. The summed E-state index contributed by atoms with van der Waals surface area (Å²) in [5.41, 5.74) is 0.505. The normalized spacial score (nSPS) is 16.1. The largest absolute Gasteiger partial charge is 0.493 e. The van der Waals surface area contributed by atoms with E-state index in [2.05, 4.69) is 15.9 Å². The van der Waals surface area contributed by atoms with Crippen LogP contribution in [0.5, 0.6) is 11.5 Å². The van der Waals surface area contributed by atoms with Crippen LogP contribution in [0.4, 0.5) is 4.79 Å². The second-order valence-electron chi connectivity index (χ2n) is 5.70. The Morgan fingerprint density at radius 2 is 2.03 bits per heavy atom. The Bertz CT molecular complexity index is 885. The highest BCUT2D eigenvalue weighted by molar-refractivity contribution is 9.10. The van der Waals surface area contributed by atoms with Crippen LogP contribution in [0.25, 0.3) is 6.08 Å². The molecule has 1 aromatic rings. The summed E-state index contributed by atoms with van der Waals surface area (Å²) in [6, 6.07) is 2.08. The number of esters is 1. The second kappa shape index (κ2) is 9.79. The SMILES string of the molecule is CCOC(=O)[C@@H](C)N1C(=O)S/C(=C\c2cc(Br)c(OCC(=O)O)c(OC)c2)C1=O. The van der Waals surface area contributed by atoms with Gasteiger partial charge in [0.15, 0.2) is 18.1 Å². The molecule has 0 saturated carbocycles. The van der Waals surface area contributed by atoms with E-state index in [0.29, 0.717) is 21.8 Å². The zero-order valence-electron chi connectivity index (χ0n) is 15.8. The summed E-state index contributed by atoms with van der Waals surface area (Å²) in [5.74, 6) is -1.99. The van der Waals surface area contributed by atoms with Crippen LogP contribution < -0.4 is 9.47 Å². The van der Waals surface area contributed by atoms with Crippen LogP contribution in [0.15, 0.2) is 21.5 Å². The predicted molar refractivity (Wildman–Crippen MR) is 108 cm³/mol. The number of aliphatic carboxylic acids is 1. The lowest BCUT2D eigenvalue weighted by atomic mass is 10.1. The fourth-order valence-corrected chi connectivity index (χ4v) is 3.91. The van der Waals surface area contributed by atoms with Crippen molar-refractivity contribution < 1.29 is 38.5 Å². The summed E-state index contributed by atoms with van der Waals surface area (Å²) < 4.78 is 15.7. The number of amides is 2. The molecule has 0 radical (unpaired) electrons.